The highest BCUT2D eigenvalue weighted by Crippen LogP contribution is 2.17. The number of hydrogen-bond donors (Lipinski definition) is 1. The third-order valence-electron chi connectivity index (χ3n) is 4.60. The Hall–Kier alpha value is -2.34. The minimum atomic E-state index is -0.508. The number of halogens is 1. The Morgan fingerprint density at radius 1 is 1.07 bits per heavy atom. The predicted molar refractivity (Wildman–Crippen MR) is 119 cm³/mol. The first kappa shape index (κ1) is 22.9. The molecule has 2 amide bonds. The number of rotatable bonds is 11. The number of carbonyl (C=O) groups is 2. The van der Waals surface area contributed by atoms with Crippen LogP contribution < -0.4 is 10.1 Å². The van der Waals surface area contributed by atoms with Crippen molar-refractivity contribution in [1.29, 1.82) is 0 Å². The minimum Gasteiger partial charge on any atom is -0.484 e. The fourth-order valence-corrected chi connectivity index (χ4v) is 3.29. The van der Waals surface area contributed by atoms with Gasteiger partial charge in [-0.1, -0.05) is 60.1 Å². The second kappa shape index (κ2) is 12.3. The van der Waals surface area contributed by atoms with E-state index in [1.54, 1.807) is 17.0 Å². The van der Waals surface area contributed by atoms with Crippen LogP contribution in [-0.4, -0.2) is 42.5 Å². The average Bonchev–Trinajstić information content (AvgIpc) is 2.75. The zero-order chi connectivity index (χ0) is 21.1. The molecule has 0 spiro atoms. The quantitative estimate of drug-likeness (QED) is 0.546. The van der Waals surface area contributed by atoms with Crippen LogP contribution in [0.5, 0.6) is 5.75 Å². The lowest BCUT2D eigenvalue weighted by Crippen LogP contribution is -2.51. The summed E-state index contributed by atoms with van der Waals surface area (Å²) in [5.41, 5.74) is 1.13. The molecule has 29 heavy (non-hydrogen) atoms. The Bertz CT molecular complexity index is 765. The van der Waals surface area contributed by atoms with Gasteiger partial charge in [-0.05, 0) is 49.1 Å². The van der Waals surface area contributed by atoms with Gasteiger partial charge in [0, 0.05) is 17.6 Å². The molecule has 2 aromatic rings. The molecule has 0 saturated carbocycles. The van der Waals surface area contributed by atoms with E-state index in [4.69, 9.17) is 4.74 Å². The molecule has 1 atom stereocenters. The largest absolute Gasteiger partial charge is 0.484 e. The van der Waals surface area contributed by atoms with Gasteiger partial charge in [-0.25, -0.2) is 0 Å². The van der Waals surface area contributed by atoms with Crippen LogP contribution >= 0.6 is 15.9 Å². The fourth-order valence-electron chi connectivity index (χ4n) is 3.02. The standard InChI is InChI=1S/C23H29BrN2O3/c1-3-15-25-23(28)21(4-2)26(16-14-18-8-6-5-7-9-18)22(27)17-29-20-12-10-19(24)11-13-20/h5-13,21H,3-4,14-17H2,1-2H3,(H,25,28)/t21-/m0/s1. The Labute approximate surface area is 181 Å². The average molecular weight is 461 g/mol. The summed E-state index contributed by atoms with van der Waals surface area (Å²) >= 11 is 3.38. The molecule has 0 aromatic heterocycles. The van der Waals surface area contributed by atoms with Crippen LogP contribution in [0.2, 0.25) is 0 Å². The SMILES string of the molecule is CCCNC(=O)[C@H](CC)N(CCc1ccccc1)C(=O)COc1ccc(Br)cc1. The van der Waals surface area contributed by atoms with Gasteiger partial charge in [-0.15, -0.1) is 0 Å². The summed E-state index contributed by atoms with van der Waals surface area (Å²) in [6.07, 6.45) is 2.09. The van der Waals surface area contributed by atoms with Gasteiger partial charge in [0.05, 0.1) is 0 Å². The number of carbonyl (C=O) groups excluding carboxylic acids is 2. The van der Waals surface area contributed by atoms with E-state index in [1.165, 1.54) is 0 Å². The van der Waals surface area contributed by atoms with E-state index in [-0.39, 0.29) is 18.4 Å². The summed E-state index contributed by atoms with van der Waals surface area (Å²) < 4.78 is 6.61. The van der Waals surface area contributed by atoms with E-state index >= 15 is 0 Å². The molecular weight excluding hydrogens is 432 g/mol. The van der Waals surface area contributed by atoms with Gasteiger partial charge >= 0.3 is 0 Å². The molecule has 0 aliphatic rings. The highest BCUT2D eigenvalue weighted by molar-refractivity contribution is 9.10. The van der Waals surface area contributed by atoms with E-state index in [2.05, 4.69) is 21.2 Å². The Morgan fingerprint density at radius 2 is 1.76 bits per heavy atom. The second-order valence-corrected chi connectivity index (χ2v) is 7.70. The number of hydrogen-bond acceptors (Lipinski definition) is 3. The van der Waals surface area contributed by atoms with Gasteiger partial charge in [-0.3, -0.25) is 9.59 Å². The van der Waals surface area contributed by atoms with Crippen LogP contribution in [0, 0.1) is 0 Å². The Kier molecular flexibility index (Phi) is 9.71. The zero-order valence-corrected chi connectivity index (χ0v) is 18.7. The van der Waals surface area contributed by atoms with Crippen molar-refractivity contribution in [3.63, 3.8) is 0 Å². The number of ether oxygens (including phenoxy) is 1. The van der Waals surface area contributed by atoms with Crippen molar-refractivity contribution in [2.45, 2.75) is 39.2 Å². The summed E-state index contributed by atoms with van der Waals surface area (Å²) in [6.45, 7) is 4.89. The molecule has 0 aliphatic carbocycles. The number of amides is 2. The van der Waals surface area contributed by atoms with Crippen LogP contribution in [-0.2, 0) is 16.0 Å². The van der Waals surface area contributed by atoms with E-state index in [0.29, 0.717) is 31.7 Å². The number of nitrogens with one attached hydrogen (secondary N) is 1. The maximum absolute atomic E-state index is 13.0. The van der Waals surface area contributed by atoms with Crippen LogP contribution in [0.3, 0.4) is 0 Å². The van der Waals surface area contributed by atoms with Gasteiger partial charge in [0.25, 0.3) is 5.91 Å². The summed E-state index contributed by atoms with van der Waals surface area (Å²) in [6, 6.07) is 16.8. The molecule has 0 radical (unpaired) electrons. The highest BCUT2D eigenvalue weighted by atomic mass is 79.9. The first-order valence-electron chi connectivity index (χ1n) is 10.0. The molecule has 5 nitrogen and oxygen atoms in total. The molecule has 0 unspecified atom stereocenters. The Morgan fingerprint density at radius 3 is 2.38 bits per heavy atom. The van der Waals surface area contributed by atoms with E-state index in [0.717, 1.165) is 16.5 Å². The Balaban J connectivity index is 2.09. The van der Waals surface area contributed by atoms with Crippen LogP contribution in [0.15, 0.2) is 59.1 Å². The van der Waals surface area contributed by atoms with E-state index in [9.17, 15) is 9.59 Å². The predicted octanol–water partition coefficient (Wildman–Crippen LogP) is 4.20. The molecule has 0 heterocycles. The molecular formula is C23H29BrN2O3. The lowest BCUT2D eigenvalue weighted by molar-refractivity contribution is -0.142. The summed E-state index contributed by atoms with van der Waals surface area (Å²) in [7, 11) is 0. The first-order valence-corrected chi connectivity index (χ1v) is 10.8. The molecule has 1 N–H and O–H groups in total. The molecule has 156 valence electrons. The van der Waals surface area contributed by atoms with Crippen molar-refractivity contribution in [1.82, 2.24) is 10.2 Å². The summed E-state index contributed by atoms with van der Waals surface area (Å²) in [4.78, 5) is 27.3. The molecule has 6 heteroatoms. The van der Waals surface area contributed by atoms with Gasteiger partial charge in [0.15, 0.2) is 6.61 Å². The molecule has 0 bridgehead atoms. The normalized spacial score (nSPS) is 11.6. The molecule has 0 saturated heterocycles. The second-order valence-electron chi connectivity index (χ2n) is 6.78. The molecule has 2 rings (SSSR count). The van der Waals surface area contributed by atoms with Crippen molar-refractivity contribution in [2.24, 2.45) is 0 Å². The first-order chi connectivity index (χ1) is 14.0. The summed E-state index contributed by atoms with van der Waals surface area (Å²) in [5, 5.41) is 2.92. The van der Waals surface area contributed by atoms with Crippen molar-refractivity contribution in [3.05, 3.63) is 64.6 Å². The van der Waals surface area contributed by atoms with E-state index < -0.39 is 6.04 Å². The lowest BCUT2D eigenvalue weighted by Gasteiger charge is -2.30. The van der Waals surface area contributed by atoms with Crippen molar-refractivity contribution in [2.75, 3.05) is 19.7 Å². The third kappa shape index (κ3) is 7.54. The lowest BCUT2D eigenvalue weighted by atomic mass is 10.1. The van der Waals surface area contributed by atoms with Gasteiger partial charge in [0.2, 0.25) is 5.91 Å². The number of benzene rings is 2. The van der Waals surface area contributed by atoms with Gasteiger partial charge in [0.1, 0.15) is 11.8 Å². The van der Waals surface area contributed by atoms with Gasteiger partial charge < -0.3 is 15.0 Å². The fraction of sp³-hybridized carbons (Fsp3) is 0.391. The zero-order valence-electron chi connectivity index (χ0n) is 17.1. The van der Waals surface area contributed by atoms with Crippen molar-refractivity contribution >= 4 is 27.7 Å². The maximum Gasteiger partial charge on any atom is 0.261 e. The highest BCUT2D eigenvalue weighted by Gasteiger charge is 2.28. The summed E-state index contributed by atoms with van der Waals surface area (Å²) in [5.74, 6) is 0.315. The molecule has 0 fully saturated rings. The van der Waals surface area contributed by atoms with Gasteiger partial charge in [-0.2, -0.15) is 0 Å². The van der Waals surface area contributed by atoms with Crippen molar-refractivity contribution < 1.29 is 14.3 Å². The smallest absolute Gasteiger partial charge is 0.261 e. The van der Waals surface area contributed by atoms with E-state index in [1.807, 2.05) is 56.3 Å². The maximum atomic E-state index is 13.0. The van der Waals surface area contributed by atoms with Crippen LogP contribution in [0.1, 0.15) is 32.3 Å². The monoisotopic (exact) mass is 460 g/mol. The minimum absolute atomic E-state index is 0.103. The van der Waals surface area contributed by atoms with Crippen molar-refractivity contribution in [3.8, 4) is 5.75 Å². The topological polar surface area (TPSA) is 58.6 Å². The third-order valence-corrected chi connectivity index (χ3v) is 5.12. The van der Waals surface area contributed by atoms with Crippen LogP contribution in [0.25, 0.3) is 0 Å². The number of nitrogens with zero attached hydrogens (tertiary/aromatic N) is 1. The van der Waals surface area contributed by atoms with Crippen LogP contribution in [0.4, 0.5) is 0 Å². The molecule has 0 aliphatic heterocycles. The molecule has 2 aromatic carbocycles.